The number of rotatable bonds is 13. The molecule has 1 atom stereocenters. The number of aliphatic hydroxyl groups is 1. The van der Waals surface area contributed by atoms with Gasteiger partial charge < -0.3 is 5.11 Å². The van der Waals surface area contributed by atoms with Crippen LogP contribution in [0.4, 0.5) is 4.39 Å². The van der Waals surface area contributed by atoms with Crippen molar-refractivity contribution in [1.82, 2.24) is 14.3 Å². The van der Waals surface area contributed by atoms with E-state index in [2.05, 4.69) is 75.0 Å². The molecule has 1 fully saturated rings. The SMILES string of the molecule is Cc1ccccc1CNS(=O)(=O)c1ccc(Cl)s1.O=S(=O)(NCc1ccc(F)cc1)c1ccc(Cl)s1.OCC1(Cc2ccccc2)CCCN(CC2=Cc3ccccc3C2)C1. The molecule has 3 N–H and O–H groups in total. The summed E-state index contributed by atoms with van der Waals surface area (Å²) in [5, 5.41) is 10.2. The number of thiophene rings is 2. The lowest BCUT2D eigenvalue weighted by molar-refractivity contribution is 0.0364. The van der Waals surface area contributed by atoms with Crippen LogP contribution in [-0.2, 0) is 46.0 Å². The van der Waals surface area contributed by atoms with E-state index >= 15 is 0 Å². The summed E-state index contributed by atoms with van der Waals surface area (Å²) in [5.41, 5.74) is 8.39. The first-order chi connectivity index (χ1) is 29.2. The van der Waals surface area contributed by atoms with Crippen molar-refractivity contribution in [3.05, 3.63) is 181 Å². The largest absolute Gasteiger partial charge is 0.396 e. The minimum Gasteiger partial charge on any atom is -0.396 e. The number of piperidine rings is 1. The van der Waals surface area contributed by atoms with Crippen molar-refractivity contribution in [3.8, 4) is 0 Å². The number of aryl methyl sites for hydroxylation is 1. The van der Waals surface area contributed by atoms with Crippen LogP contribution in [0, 0.1) is 18.2 Å². The Morgan fingerprint density at radius 1 is 0.738 bits per heavy atom. The number of nitrogens with one attached hydrogen (secondary N) is 2. The number of fused-ring (bicyclic) bond motifs is 1. The predicted molar refractivity (Wildman–Crippen MR) is 248 cm³/mol. The second kappa shape index (κ2) is 21.6. The molecule has 2 aliphatic rings. The van der Waals surface area contributed by atoms with Crippen molar-refractivity contribution in [2.75, 3.05) is 26.2 Å². The molecule has 0 amide bonds. The van der Waals surface area contributed by atoms with Gasteiger partial charge in [-0.2, -0.15) is 0 Å². The van der Waals surface area contributed by atoms with Gasteiger partial charge in [-0.15, -0.1) is 22.7 Å². The van der Waals surface area contributed by atoms with Gasteiger partial charge in [-0.3, -0.25) is 4.90 Å². The molecule has 8 nitrogen and oxygen atoms in total. The first-order valence-corrected chi connectivity index (χ1v) is 25.0. The second-order valence-electron chi connectivity index (χ2n) is 15.1. The Kier molecular flexibility index (Phi) is 16.5. The molecule has 0 bridgehead atoms. The van der Waals surface area contributed by atoms with Crippen LogP contribution in [0.5, 0.6) is 0 Å². The molecule has 1 saturated heterocycles. The number of nitrogens with zero attached hydrogens (tertiary/aromatic N) is 1. The molecule has 8 rings (SSSR count). The number of sulfonamides is 2. The van der Waals surface area contributed by atoms with Crippen LogP contribution in [0.25, 0.3) is 6.08 Å². The molecule has 0 saturated carbocycles. The van der Waals surface area contributed by atoms with Gasteiger partial charge in [-0.05, 0) is 109 Å². The summed E-state index contributed by atoms with van der Waals surface area (Å²) in [5.74, 6) is -0.355. The van der Waals surface area contributed by atoms with Crippen LogP contribution < -0.4 is 9.44 Å². The van der Waals surface area contributed by atoms with E-state index in [9.17, 15) is 26.3 Å². The molecule has 6 aromatic rings. The fraction of sp³-hybridized carbons (Fsp3) is 0.261. The summed E-state index contributed by atoms with van der Waals surface area (Å²) < 4.78 is 66.6. The number of aliphatic hydroxyl groups excluding tert-OH is 1. The Hall–Kier alpha value is -3.73. The van der Waals surface area contributed by atoms with Gasteiger partial charge in [0.1, 0.15) is 14.2 Å². The summed E-state index contributed by atoms with van der Waals surface area (Å²) in [6, 6.07) is 38.7. The van der Waals surface area contributed by atoms with E-state index in [0.717, 1.165) is 72.7 Å². The van der Waals surface area contributed by atoms with Gasteiger partial charge in [0, 0.05) is 31.6 Å². The fourth-order valence-corrected chi connectivity index (χ4v) is 12.4. The minimum absolute atomic E-state index is 0.00557. The lowest BCUT2D eigenvalue weighted by Gasteiger charge is -2.42. The lowest BCUT2D eigenvalue weighted by atomic mass is 9.75. The Morgan fingerprint density at radius 3 is 1.95 bits per heavy atom. The Morgan fingerprint density at radius 2 is 1.34 bits per heavy atom. The minimum atomic E-state index is -3.56. The van der Waals surface area contributed by atoms with Crippen molar-refractivity contribution >= 4 is 72.0 Å². The molecule has 15 heteroatoms. The molecule has 1 aliphatic carbocycles. The third-order valence-corrected chi connectivity index (χ3v) is 16.7. The van der Waals surface area contributed by atoms with Crippen molar-refractivity contribution in [2.45, 2.75) is 54.1 Å². The average Bonchev–Trinajstić information content (AvgIpc) is 4.01. The standard InChI is InChI=1S/C23H27NO.C12H12ClNO2S2.C11H9ClFNO2S2/c25-18-23(15-19-7-2-1-3-8-19)11-6-12-24(17-23)16-20-13-21-9-4-5-10-22(21)14-20;1-9-4-2-3-5-10(9)8-14-18(15,16)12-7-6-11(13)17-12;12-10-5-6-11(17-10)18(15,16)14-7-8-1-3-9(13)4-2-8/h1-5,7-10,13,25H,6,11-12,14-18H2;2-7,14H,8H2,1H3;1-6,14H,7H2. The quantitative estimate of drug-likeness (QED) is 0.106. The Balaban J connectivity index is 0.000000157. The first-order valence-electron chi connectivity index (χ1n) is 19.7. The maximum absolute atomic E-state index is 12.7. The molecule has 0 radical (unpaired) electrons. The highest BCUT2D eigenvalue weighted by atomic mass is 35.5. The van der Waals surface area contributed by atoms with Gasteiger partial charge in [-0.25, -0.2) is 30.7 Å². The van der Waals surface area contributed by atoms with Crippen molar-refractivity contribution in [3.63, 3.8) is 0 Å². The highest BCUT2D eigenvalue weighted by Gasteiger charge is 2.35. The monoisotopic (exact) mass is 939 g/mol. The molecule has 2 aromatic heterocycles. The van der Waals surface area contributed by atoms with E-state index in [-0.39, 0.29) is 39.3 Å². The average molecular weight is 941 g/mol. The molecule has 61 heavy (non-hydrogen) atoms. The number of hydrogen-bond acceptors (Lipinski definition) is 8. The molecular weight excluding hydrogens is 893 g/mol. The molecule has 0 spiro atoms. The van der Waals surface area contributed by atoms with E-state index < -0.39 is 20.0 Å². The molecule has 1 unspecified atom stereocenters. The van der Waals surface area contributed by atoms with Gasteiger partial charge in [0.25, 0.3) is 0 Å². The van der Waals surface area contributed by atoms with E-state index in [1.54, 1.807) is 6.07 Å². The van der Waals surface area contributed by atoms with Crippen LogP contribution in [0.15, 0.2) is 141 Å². The van der Waals surface area contributed by atoms with E-state index in [1.807, 2.05) is 31.2 Å². The summed E-state index contributed by atoms with van der Waals surface area (Å²) >= 11 is 13.5. The van der Waals surface area contributed by atoms with Gasteiger partial charge in [0.05, 0.1) is 15.3 Å². The summed E-state index contributed by atoms with van der Waals surface area (Å²) in [4.78, 5) is 2.56. The Bertz CT molecular complexity index is 2620. The van der Waals surface area contributed by atoms with E-state index in [1.165, 1.54) is 71.1 Å². The summed E-state index contributed by atoms with van der Waals surface area (Å²) in [6.45, 7) is 5.79. The molecule has 1 aliphatic heterocycles. The van der Waals surface area contributed by atoms with Gasteiger partial charge in [0.2, 0.25) is 20.0 Å². The van der Waals surface area contributed by atoms with E-state index in [4.69, 9.17) is 23.2 Å². The maximum atomic E-state index is 12.7. The highest BCUT2D eigenvalue weighted by Crippen LogP contribution is 2.35. The molecular formula is C46H48Cl2FN3O5S4. The number of hydrogen-bond donors (Lipinski definition) is 3. The first kappa shape index (κ1) is 46.8. The van der Waals surface area contributed by atoms with Crippen LogP contribution in [0.2, 0.25) is 8.67 Å². The predicted octanol–water partition coefficient (Wildman–Crippen LogP) is 10.2. The smallest absolute Gasteiger partial charge is 0.250 e. The van der Waals surface area contributed by atoms with Crippen LogP contribution in [0.1, 0.15) is 46.2 Å². The number of halogens is 3. The zero-order valence-electron chi connectivity index (χ0n) is 33.6. The van der Waals surface area contributed by atoms with Gasteiger partial charge >= 0.3 is 0 Å². The van der Waals surface area contributed by atoms with Crippen molar-refractivity contribution in [1.29, 1.82) is 0 Å². The van der Waals surface area contributed by atoms with Crippen molar-refractivity contribution < 1.29 is 26.3 Å². The van der Waals surface area contributed by atoms with Crippen LogP contribution in [-0.4, -0.2) is 53.1 Å². The van der Waals surface area contributed by atoms with Crippen LogP contribution >= 0.6 is 45.9 Å². The zero-order chi connectivity index (χ0) is 43.5. The molecule has 322 valence electrons. The molecule has 3 heterocycles. The lowest BCUT2D eigenvalue weighted by Crippen LogP contribution is -2.47. The summed E-state index contributed by atoms with van der Waals surface area (Å²) in [7, 11) is -7.03. The zero-order valence-corrected chi connectivity index (χ0v) is 38.3. The third-order valence-electron chi connectivity index (χ3n) is 10.5. The van der Waals surface area contributed by atoms with E-state index in [0.29, 0.717) is 14.2 Å². The Labute approximate surface area is 376 Å². The normalized spacial score (nSPS) is 16.4. The highest BCUT2D eigenvalue weighted by molar-refractivity contribution is 7.92. The van der Waals surface area contributed by atoms with Crippen molar-refractivity contribution in [2.24, 2.45) is 5.41 Å². The molecule has 4 aromatic carbocycles. The van der Waals surface area contributed by atoms with Crippen LogP contribution in [0.3, 0.4) is 0 Å². The van der Waals surface area contributed by atoms with Gasteiger partial charge in [-0.1, -0.05) is 126 Å². The number of likely N-dealkylation sites (tertiary alicyclic amines) is 1. The summed E-state index contributed by atoms with van der Waals surface area (Å²) in [6.07, 6.45) is 6.71. The topological polar surface area (TPSA) is 116 Å². The number of benzene rings is 4. The maximum Gasteiger partial charge on any atom is 0.250 e. The van der Waals surface area contributed by atoms with Gasteiger partial charge in [0.15, 0.2) is 0 Å². The second-order valence-corrected chi connectivity index (χ2v) is 22.5. The third kappa shape index (κ3) is 13.6. The fourth-order valence-electron chi connectivity index (χ4n) is 7.33.